The molecule has 0 aliphatic carbocycles. The van der Waals surface area contributed by atoms with Crippen molar-refractivity contribution < 1.29 is 104 Å². The van der Waals surface area contributed by atoms with Gasteiger partial charge in [-0.15, -0.1) is 0 Å². The molecule has 0 amide bonds. The molecule has 88 heavy (non-hydrogen) atoms. The summed E-state index contributed by atoms with van der Waals surface area (Å²) in [4.78, 5) is 32.5. The fraction of sp³-hybridized carbons (Fsp3) is 0.566. The van der Waals surface area contributed by atoms with E-state index >= 15 is 0 Å². The summed E-state index contributed by atoms with van der Waals surface area (Å²) in [7, 11) is -11.9. The van der Waals surface area contributed by atoms with Crippen LogP contribution in [-0.4, -0.2) is 118 Å². The number of quaternary nitrogens is 2. The van der Waals surface area contributed by atoms with Gasteiger partial charge in [-0.1, -0.05) is 221 Å². The number of alkyl halides is 5. The molecule has 3 aromatic rings. The molecule has 0 aliphatic rings. The van der Waals surface area contributed by atoms with Crippen LogP contribution in [0.15, 0.2) is 87.5 Å². The van der Waals surface area contributed by atoms with Crippen LogP contribution < -0.4 is 17.2 Å². The topological polar surface area (TPSA) is 380 Å². The van der Waals surface area contributed by atoms with Gasteiger partial charge < -0.3 is 64.9 Å². The summed E-state index contributed by atoms with van der Waals surface area (Å²) < 4.78 is 103. The molecular weight excluding hydrogens is 2420 g/mol. The molecule has 0 fully saturated rings. The van der Waals surface area contributed by atoms with Crippen molar-refractivity contribution in [3.05, 3.63) is 103 Å². The van der Waals surface area contributed by atoms with Crippen LogP contribution in [0.2, 0.25) is 0 Å². The number of ether oxygens (including phenoxy) is 2. The molecule has 0 saturated heterocycles. The fourth-order valence-electron chi connectivity index (χ4n) is 4.58. The number of carbonyl (C=O) groups is 3. The molecule has 0 aliphatic heterocycles. The van der Waals surface area contributed by atoms with Crippen LogP contribution in [0, 0.1) is 52.4 Å². The van der Waals surface area contributed by atoms with Gasteiger partial charge in [0.1, 0.15) is 38.9 Å². The molecule has 3 aromatic carbocycles. The Bertz CT molecular complexity index is 2260. The third-order valence-electron chi connectivity index (χ3n) is 8.54. The van der Waals surface area contributed by atoms with E-state index in [1.807, 2.05) is 62.3 Å². The molecule has 20 nitrogen and oxygen atoms in total. The standard InChI is InChI=1S/C14H28N2O4.3C7H8O3S.C6H13NO2.C3H5I3.C3H6I2.C2H6O2.2C2H5.5HI.2V/c1-9(2)7-11(15)13(17)19-5-6-20-14(18)12(16)8-10(3)4;3*1-6-2-4-7(5-3-6)11(8,9)10;1-4(2)3-5(7)6(8)9;1-2-3(4,5)6;1-2-3(4)5;3-1-2-4;2*1-2;;;;;;;/h9-12H,5-8,15-16H2,1-4H3;3*2-5H,1H3,(H,8,9,10);4-5H,3,7H2,1-2H3,(H,8,9);2H2,1H3;3H,2H2,1H3;3-4H,1-2H2;2*1H2,2H3;5*1H;;/q;;;;;;;;2*-1;;;;;;+2;+3/p-5. The molecule has 0 spiro atoms. The number of aliphatic hydroxyl groups is 2. The Labute approximate surface area is 663 Å². The first-order valence-electron chi connectivity index (χ1n) is 25.9. The number of nitrogens with two attached hydrogens (primary N) is 1. The summed E-state index contributed by atoms with van der Waals surface area (Å²) in [6.45, 7) is 31.7. The van der Waals surface area contributed by atoms with Crippen LogP contribution in [0.25, 0.3) is 0 Å². The maximum absolute atomic E-state index is 11.6. The van der Waals surface area contributed by atoms with E-state index < -0.39 is 42.4 Å². The van der Waals surface area contributed by atoms with Gasteiger partial charge in [0.25, 0.3) is 10.1 Å². The number of carbonyl (C=O) groups excluding carboxylic acids is 2. The second kappa shape index (κ2) is 69.5. The molecule has 521 valence electrons. The number of benzene rings is 3. The Hall–Kier alpha value is 4.07. The zero-order valence-corrected chi connectivity index (χ0v) is 78.6. The molecule has 12 N–H and O–H groups in total. The van der Waals surface area contributed by atoms with Gasteiger partial charge in [0.05, 0.1) is 29.8 Å². The number of aliphatic carboxylic acids is 1. The number of hydrogen-bond acceptors (Lipinski definition) is 16. The summed E-state index contributed by atoms with van der Waals surface area (Å²) in [5.41, 5.74) is 15.6. The molecule has 3 unspecified atom stereocenters. The van der Waals surface area contributed by atoms with E-state index in [1.54, 1.807) is 50.2 Å². The molecule has 0 aromatic heterocycles. The van der Waals surface area contributed by atoms with E-state index in [2.05, 4.69) is 252 Å². The van der Waals surface area contributed by atoms with Crippen LogP contribution in [0.5, 0.6) is 0 Å². The van der Waals surface area contributed by atoms with Gasteiger partial charge in [0.15, 0.2) is 12.1 Å². The van der Waals surface area contributed by atoms with Gasteiger partial charge in [0.2, 0.25) is 0 Å². The molecule has 35 heteroatoms. The molecule has 3 atom stereocenters. The summed E-state index contributed by atoms with van der Waals surface area (Å²) >= 11 is 24.2. The molecular formula is C53H92I10N3O17S3V2-2. The van der Waals surface area contributed by atoms with Crippen molar-refractivity contribution >= 4 is 261 Å². The molecule has 3 rings (SSSR count). The molecule has 0 bridgehead atoms. The second-order valence-corrected chi connectivity index (χ2v) is 86.3. The van der Waals surface area contributed by atoms with Gasteiger partial charge >= 0.3 is 132 Å². The normalized spacial score (nSPS) is 11.3. The predicted molar refractivity (Wildman–Crippen MR) is 432 cm³/mol. The number of carboxylic acids is 1. The van der Waals surface area contributed by atoms with Gasteiger partial charge in [-0.2, -0.15) is 22.3 Å². The van der Waals surface area contributed by atoms with Crippen molar-refractivity contribution in [2.45, 2.75) is 156 Å². The number of halogens is 10. The van der Waals surface area contributed by atoms with Crippen LogP contribution in [0.3, 0.4) is 0 Å². The zero-order valence-electron chi connectivity index (χ0n) is 51.7. The van der Waals surface area contributed by atoms with Crippen molar-refractivity contribution in [1.29, 1.82) is 0 Å². The first-order chi connectivity index (χ1) is 40.2. The Morgan fingerprint density at radius 3 is 0.966 bits per heavy atom. The van der Waals surface area contributed by atoms with Crippen LogP contribution in [0.4, 0.5) is 0 Å². The van der Waals surface area contributed by atoms with Crippen molar-refractivity contribution in [2.24, 2.45) is 23.5 Å². The predicted octanol–water partition coefficient (Wildman–Crippen LogP) is 13.9. The average Bonchev–Trinajstić information content (AvgIpc) is 3.45. The number of aliphatic hydroxyl groups excluding tert-OH is 2. The van der Waals surface area contributed by atoms with Gasteiger partial charge in [-0.3, -0.25) is 9.35 Å². The molecule has 0 heterocycles. The second-order valence-electron chi connectivity index (χ2n) is 17.9. The van der Waals surface area contributed by atoms with Crippen LogP contribution >= 0.6 is 213 Å². The Morgan fingerprint density at radius 2 is 0.830 bits per heavy atom. The number of carboxylic acid groups (broad SMARTS) is 1. The summed E-state index contributed by atoms with van der Waals surface area (Å²) in [6.07, 6.45) is 4.44. The summed E-state index contributed by atoms with van der Waals surface area (Å²) in [6, 6.07) is 16.1. The minimum absolute atomic E-state index is 0.0666. The van der Waals surface area contributed by atoms with E-state index in [1.165, 1.54) is 49.2 Å². The Balaban J connectivity index is -0.000000117. The first-order valence-corrected chi connectivity index (χ1v) is 58.4. The van der Waals surface area contributed by atoms with Gasteiger partial charge in [-0.05, 0) is 94.2 Å². The van der Waals surface area contributed by atoms with E-state index in [4.69, 9.17) is 35.1 Å². The van der Waals surface area contributed by atoms with Crippen molar-refractivity contribution in [1.82, 2.24) is 0 Å². The van der Waals surface area contributed by atoms with E-state index in [0.29, 0.717) is 45.9 Å². The van der Waals surface area contributed by atoms with E-state index in [-0.39, 0.29) is 70.1 Å². The summed E-state index contributed by atoms with van der Waals surface area (Å²) in [5.74, 6) is -0.456. The van der Waals surface area contributed by atoms with Crippen molar-refractivity contribution in [3.8, 4) is 0 Å². The number of esters is 2. The van der Waals surface area contributed by atoms with Crippen LogP contribution in [0.1, 0.15) is 118 Å². The Kier molecular flexibility index (Phi) is 87.4. The molecule has 0 saturated carbocycles. The number of rotatable bonds is 18. The zero-order chi connectivity index (χ0) is 71.8. The summed E-state index contributed by atoms with van der Waals surface area (Å²) in [5, 5.41) is 23.6. The van der Waals surface area contributed by atoms with Gasteiger partial charge in [0, 0.05) is 12.8 Å². The Morgan fingerprint density at radius 1 is 0.614 bits per heavy atom. The molecule has 0 radical (unpaired) electrons. The van der Waals surface area contributed by atoms with Gasteiger partial charge in [-0.25, -0.2) is 26.4 Å². The monoisotopic (exact) mass is 2510 g/mol. The third-order valence-corrected chi connectivity index (χ3v) is 15.2. The fourth-order valence-corrected chi connectivity index (χ4v) is 6.00. The van der Waals surface area contributed by atoms with E-state index in [9.17, 15) is 48.7 Å². The average molecular weight is 2510 g/mol. The van der Waals surface area contributed by atoms with Crippen LogP contribution in [-0.2, 0) is 68.6 Å². The third kappa shape index (κ3) is 90.1. The first kappa shape index (κ1) is 111. The maximum atomic E-state index is 11.6. The van der Waals surface area contributed by atoms with Crippen molar-refractivity contribution in [2.75, 3.05) is 26.4 Å². The quantitative estimate of drug-likeness (QED) is 0.0155. The number of aryl methyl sites for hydroxylation is 3. The van der Waals surface area contributed by atoms with E-state index in [0.717, 1.165) is 18.6 Å². The SMILES string of the molecule is CC(C)CC(N)C(=O)O.CC(C)CC([NH3+])C(=O)OCCOC(=O)C([NH3+])CC(C)C.CCC(I)(I)I.CCC(I)I.Cc1ccc(S(=O)(=O)O)cc1.Cc1ccc(S(=O)(=O)[O-])cc1.Cc1ccc(S(=O)(=O)[O-])cc1.OCCO.[CH2-]C.[CH2-]C.[I][V]([I])[I].[I][V][I]. The minimum atomic E-state index is -4.27. The van der Waals surface area contributed by atoms with Crippen molar-refractivity contribution in [3.63, 3.8) is 0 Å². The number of hydrogen-bond donors (Lipinski definition) is 7.